The molecule has 0 aromatic rings. The van der Waals surface area contributed by atoms with Crippen LogP contribution in [0, 0.1) is 0 Å². The van der Waals surface area contributed by atoms with Crippen LogP contribution < -0.4 is 5.73 Å². The Morgan fingerprint density at radius 2 is 1.06 bits per heavy atom. The van der Waals surface area contributed by atoms with Crippen molar-refractivity contribution in [3.63, 3.8) is 0 Å². The minimum Gasteiger partial charge on any atom is -0.462 e. The Balaban J connectivity index is 4.40. The van der Waals surface area contributed by atoms with Gasteiger partial charge < -0.3 is 20.1 Å². The fraction of sp³-hybridized carbons (Fsp3) is 0.610. The van der Waals surface area contributed by atoms with Gasteiger partial charge in [-0.25, -0.2) is 4.57 Å². The van der Waals surface area contributed by atoms with Gasteiger partial charge >= 0.3 is 19.8 Å². The fourth-order valence-electron chi connectivity index (χ4n) is 4.45. The van der Waals surface area contributed by atoms with Crippen molar-refractivity contribution in [1.29, 1.82) is 0 Å². The number of carbonyl (C=O) groups is 2. The first-order valence-electron chi connectivity index (χ1n) is 19.1. The highest BCUT2D eigenvalue weighted by atomic mass is 31.2. The molecule has 3 N–H and O–H groups in total. The fourth-order valence-corrected chi connectivity index (χ4v) is 5.22. The normalized spacial score (nSPS) is 14.4. The van der Waals surface area contributed by atoms with Crippen LogP contribution in [0.1, 0.15) is 129 Å². The molecule has 0 aromatic carbocycles. The Morgan fingerprint density at radius 1 is 0.608 bits per heavy atom. The number of hydrogen-bond donors (Lipinski definition) is 2. The van der Waals surface area contributed by atoms with Crippen LogP contribution in [0.25, 0.3) is 0 Å². The van der Waals surface area contributed by atoms with Crippen molar-refractivity contribution in [2.75, 3.05) is 26.4 Å². The lowest BCUT2D eigenvalue weighted by molar-refractivity contribution is -0.161. The standard InChI is InChI=1S/C41H68NO8P/c1-3-5-7-9-11-13-15-17-19-21-23-25-27-29-31-33-40(43)47-37-39(38-49-51(45,46)48-36-35-42)50-41(44)34-32-30-28-26-24-22-20-18-16-14-12-10-8-6-4-2/h6,8,11-14,17-20,23-26,39H,3-5,7,9-10,15-16,21-22,27-38,42H2,1-2H3,(H,45,46)/b8-6+,13-11+,14-12+,19-17+,20-18+,25-23+,26-24+/t39-/m1/s1. The monoisotopic (exact) mass is 733 g/mol. The summed E-state index contributed by atoms with van der Waals surface area (Å²) in [5, 5.41) is 0. The largest absolute Gasteiger partial charge is 0.472 e. The number of esters is 2. The molecule has 0 rings (SSSR count). The number of carbonyl (C=O) groups excluding carboxylic acids is 2. The average Bonchev–Trinajstić information content (AvgIpc) is 3.11. The van der Waals surface area contributed by atoms with E-state index in [2.05, 4.69) is 98.9 Å². The highest BCUT2D eigenvalue weighted by Crippen LogP contribution is 2.43. The highest BCUT2D eigenvalue weighted by Gasteiger charge is 2.25. The van der Waals surface area contributed by atoms with Crippen LogP contribution in [0.4, 0.5) is 0 Å². The Morgan fingerprint density at radius 3 is 1.53 bits per heavy atom. The van der Waals surface area contributed by atoms with Crippen molar-refractivity contribution in [2.24, 2.45) is 5.73 Å². The summed E-state index contributed by atoms with van der Waals surface area (Å²) in [4.78, 5) is 34.7. The molecule has 1 unspecified atom stereocenters. The molecule has 0 aliphatic rings. The Hall–Kier alpha value is -2.81. The lowest BCUT2D eigenvalue weighted by atomic mass is 10.1. The molecule has 0 heterocycles. The van der Waals surface area contributed by atoms with Crippen molar-refractivity contribution in [2.45, 2.75) is 136 Å². The Kier molecular flexibility index (Phi) is 34.9. The van der Waals surface area contributed by atoms with Crippen LogP contribution in [0.3, 0.4) is 0 Å². The van der Waals surface area contributed by atoms with E-state index < -0.39 is 32.5 Å². The molecule has 0 amide bonds. The van der Waals surface area contributed by atoms with Crippen molar-refractivity contribution in [3.05, 3.63) is 85.1 Å². The van der Waals surface area contributed by atoms with E-state index in [4.69, 9.17) is 24.3 Å². The van der Waals surface area contributed by atoms with E-state index in [1.54, 1.807) is 0 Å². The van der Waals surface area contributed by atoms with E-state index in [-0.39, 0.29) is 32.6 Å². The van der Waals surface area contributed by atoms with Crippen LogP contribution >= 0.6 is 7.82 Å². The van der Waals surface area contributed by atoms with Crippen molar-refractivity contribution in [3.8, 4) is 0 Å². The van der Waals surface area contributed by atoms with E-state index in [0.29, 0.717) is 12.8 Å². The summed E-state index contributed by atoms with van der Waals surface area (Å²) < 4.78 is 32.6. The van der Waals surface area contributed by atoms with Crippen molar-refractivity contribution >= 4 is 19.8 Å². The van der Waals surface area contributed by atoms with Gasteiger partial charge in [-0.15, -0.1) is 0 Å². The minimum atomic E-state index is -4.40. The third kappa shape index (κ3) is 36.8. The zero-order valence-corrected chi connectivity index (χ0v) is 32.4. The first kappa shape index (κ1) is 48.2. The number of hydrogen-bond acceptors (Lipinski definition) is 8. The van der Waals surface area contributed by atoms with E-state index in [1.807, 2.05) is 0 Å². The quantitative estimate of drug-likeness (QED) is 0.0287. The summed E-state index contributed by atoms with van der Waals surface area (Å²) in [7, 11) is -4.40. The lowest BCUT2D eigenvalue weighted by Crippen LogP contribution is -2.29. The van der Waals surface area contributed by atoms with E-state index in [0.717, 1.165) is 70.6 Å². The number of phosphoric acid groups is 1. The number of ether oxygens (including phenoxy) is 2. The van der Waals surface area contributed by atoms with E-state index in [1.165, 1.54) is 19.3 Å². The van der Waals surface area contributed by atoms with Crippen LogP contribution in [0.5, 0.6) is 0 Å². The molecule has 0 fully saturated rings. The topological polar surface area (TPSA) is 134 Å². The molecule has 0 bridgehead atoms. The van der Waals surface area contributed by atoms with Gasteiger partial charge in [0.1, 0.15) is 6.61 Å². The summed E-state index contributed by atoms with van der Waals surface area (Å²) in [5.41, 5.74) is 5.32. The third-order valence-corrected chi connectivity index (χ3v) is 8.25. The molecule has 0 aliphatic heterocycles. The predicted molar refractivity (Wildman–Crippen MR) is 210 cm³/mol. The Labute approximate surface area is 309 Å². The predicted octanol–water partition coefficient (Wildman–Crippen LogP) is 10.5. The van der Waals surface area contributed by atoms with Gasteiger partial charge in [0, 0.05) is 19.4 Å². The minimum absolute atomic E-state index is 0.0365. The highest BCUT2D eigenvalue weighted by molar-refractivity contribution is 7.47. The molecular formula is C41H68NO8P. The summed E-state index contributed by atoms with van der Waals surface area (Å²) in [6, 6.07) is 0. The number of rotatable bonds is 34. The second kappa shape index (κ2) is 37.0. The number of unbranched alkanes of at least 4 members (excludes halogenated alkanes) is 7. The summed E-state index contributed by atoms with van der Waals surface area (Å²) in [5.74, 6) is -0.934. The van der Waals surface area contributed by atoms with Gasteiger partial charge in [-0.2, -0.15) is 0 Å². The number of allylic oxidation sites excluding steroid dienone is 14. The van der Waals surface area contributed by atoms with Crippen LogP contribution in [-0.4, -0.2) is 49.3 Å². The molecule has 0 spiro atoms. The maximum absolute atomic E-state index is 12.5. The summed E-state index contributed by atoms with van der Waals surface area (Å²) in [6.45, 7) is 3.45. The first-order valence-corrected chi connectivity index (χ1v) is 20.6. The van der Waals surface area contributed by atoms with Gasteiger partial charge in [0.25, 0.3) is 0 Å². The lowest BCUT2D eigenvalue weighted by Gasteiger charge is -2.19. The maximum Gasteiger partial charge on any atom is 0.472 e. The van der Waals surface area contributed by atoms with Crippen molar-refractivity contribution < 1.29 is 37.6 Å². The molecule has 0 aliphatic carbocycles. The van der Waals surface area contributed by atoms with Crippen LogP contribution in [-0.2, 0) is 32.7 Å². The molecule has 0 aromatic heterocycles. The zero-order chi connectivity index (χ0) is 37.5. The summed E-state index contributed by atoms with van der Waals surface area (Å²) >= 11 is 0. The molecule has 51 heavy (non-hydrogen) atoms. The van der Waals surface area contributed by atoms with Gasteiger partial charge in [0.05, 0.1) is 13.2 Å². The molecule has 9 nitrogen and oxygen atoms in total. The van der Waals surface area contributed by atoms with Gasteiger partial charge in [0.15, 0.2) is 6.10 Å². The van der Waals surface area contributed by atoms with Crippen molar-refractivity contribution in [1.82, 2.24) is 0 Å². The molecule has 0 saturated heterocycles. The SMILES string of the molecule is CC/C=C/C/C=C/C/C=C/C/C=C/CCCCC(=O)O[C@H](COC(=O)CCCC/C=C/C/C=C/C/C=C/CCCCC)COP(=O)(O)OCCN. The molecule has 2 atom stereocenters. The van der Waals surface area contributed by atoms with Gasteiger partial charge in [-0.05, 0) is 89.9 Å². The molecule has 0 radical (unpaired) electrons. The molecular weight excluding hydrogens is 665 g/mol. The van der Waals surface area contributed by atoms with Gasteiger partial charge in [-0.1, -0.05) is 112 Å². The van der Waals surface area contributed by atoms with Crippen LogP contribution in [0.15, 0.2) is 85.1 Å². The summed E-state index contributed by atoms with van der Waals surface area (Å²) in [6.07, 6.45) is 44.8. The maximum atomic E-state index is 12.5. The third-order valence-electron chi connectivity index (χ3n) is 7.27. The van der Waals surface area contributed by atoms with Gasteiger partial charge in [-0.3, -0.25) is 18.6 Å². The van der Waals surface area contributed by atoms with Gasteiger partial charge in [0.2, 0.25) is 0 Å². The van der Waals surface area contributed by atoms with E-state index >= 15 is 0 Å². The average molecular weight is 734 g/mol. The molecule has 290 valence electrons. The molecule has 0 saturated carbocycles. The van der Waals surface area contributed by atoms with Crippen LogP contribution in [0.2, 0.25) is 0 Å². The number of phosphoric ester groups is 1. The molecule has 10 heteroatoms. The second-order valence-electron chi connectivity index (χ2n) is 12.1. The smallest absolute Gasteiger partial charge is 0.462 e. The second-order valence-corrected chi connectivity index (χ2v) is 13.5. The Bertz CT molecular complexity index is 1110. The number of nitrogens with two attached hydrogens (primary N) is 1. The first-order chi connectivity index (χ1) is 24.8. The zero-order valence-electron chi connectivity index (χ0n) is 31.5. The van der Waals surface area contributed by atoms with E-state index in [9.17, 15) is 19.0 Å².